The van der Waals surface area contributed by atoms with Gasteiger partial charge in [0.2, 0.25) is 0 Å². The van der Waals surface area contributed by atoms with Crippen molar-refractivity contribution in [3.05, 3.63) is 155 Å². The molecule has 8 aromatic carbocycles. The first-order chi connectivity index (χ1) is 44.0. The lowest BCUT2D eigenvalue weighted by Crippen LogP contribution is -2.64. The molecule has 0 atom stereocenters. The number of hydrogen-bond acceptors (Lipinski definition) is 6. The Morgan fingerprint density at radius 2 is 0.744 bits per heavy atom. The Balaban J connectivity index is 0.752. The molecule has 0 saturated heterocycles. The molecular formula is C81H75B3N2O4. The van der Waals surface area contributed by atoms with Crippen molar-refractivity contribution in [3.63, 3.8) is 0 Å². The second-order valence-corrected chi connectivity index (χ2v) is 33.2. The Bertz CT molecular complexity index is 4510. The van der Waals surface area contributed by atoms with Crippen LogP contribution in [0.1, 0.15) is 149 Å². The first-order valence-corrected chi connectivity index (χ1v) is 35.4. The van der Waals surface area contributed by atoms with Gasteiger partial charge in [0.05, 0.1) is 5.69 Å². The van der Waals surface area contributed by atoms with E-state index in [0.29, 0.717) is 0 Å². The largest absolute Gasteiger partial charge is 0.458 e. The molecule has 0 radical (unpaired) electrons. The summed E-state index contributed by atoms with van der Waals surface area (Å²) in [5.74, 6) is 15.4. The van der Waals surface area contributed by atoms with Gasteiger partial charge in [-0.3, -0.25) is 0 Å². The lowest BCUT2D eigenvalue weighted by molar-refractivity contribution is -0.00540. The highest BCUT2D eigenvalue weighted by molar-refractivity contribution is 7.03. The maximum absolute atomic E-state index is 7.84. The van der Waals surface area contributed by atoms with E-state index in [-0.39, 0.29) is 36.4 Å². The summed E-state index contributed by atoms with van der Waals surface area (Å²) >= 11 is 0. The molecule has 8 aromatic rings. The minimum Gasteiger partial charge on any atom is -0.458 e. The molecule has 0 spiro atoms. The number of fused-ring (bicyclic) bond motifs is 12. The van der Waals surface area contributed by atoms with Crippen molar-refractivity contribution in [3.8, 4) is 46.0 Å². The lowest BCUT2D eigenvalue weighted by Gasteiger charge is -2.57. The van der Waals surface area contributed by atoms with Gasteiger partial charge in [0, 0.05) is 40.3 Å². The Morgan fingerprint density at radius 1 is 0.344 bits per heavy atom. The Labute approximate surface area is 530 Å². The molecule has 6 aliphatic heterocycles. The second-order valence-electron chi connectivity index (χ2n) is 33.2. The molecule has 442 valence electrons. The van der Waals surface area contributed by atoms with Crippen molar-refractivity contribution < 1.29 is 18.9 Å². The van der Waals surface area contributed by atoms with Gasteiger partial charge in [-0.2, -0.15) is 0 Å². The zero-order valence-corrected chi connectivity index (χ0v) is 52.3. The second kappa shape index (κ2) is 17.1. The van der Waals surface area contributed by atoms with Crippen LogP contribution in [0, 0.1) is 74.0 Å². The highest BCUT2D eigenvalue weighted by Crippen LogP contribution is 2.65. The van der Waals surface area contributed by atoms with E-state index in [0.717, 1.165) is 105 Å². The summed E-state index contributed by atoms with van der Waals surface area (Å²) in [6.07, 6.45) is 24.5. The number of ether oxygens (including phenoxy) is 4. The van der Waals surface area contributed by atoms with Crippen LogP contribution < -0.4 is 78.3 Å². The molecule has 0 unspecified atom stereocenters. The number of rotatable bonds is 4. The van der Waals surface area contributed by atoms with Crippen molar-refractivity contribution in [1.29, 1.82) is 0 Å². The molecule has 0 aromatic heterocycles. The molecule has 12 aliphatic carbocycles. The maximum Gasteiger partial charge on any atom is 0.260 e. The van der Waals surface area contributed by atoms with Crippen molar-refractivity contribution in [1.82, 2.24) is 0 Å². The fourth-order valence-electron chi connectivity index (χ4n) is 25.8. The van der Waals surface area contributed by atoms with Gasteiger partial charge in [0.1, 0.15) is 46.0 Å². The molecule has 9 heteroatoms. The summed E-state index contributed by atoms with van der Waals surface area (Å²) in [7, 11) is 0. The zero-order chi connectivity index (χ0) is 58.6. The summed E-state index contributed by atoms with van der Waals surface area (Å²) in [5, 5.41) is 4.19. The van der Waals surface area contributed by atoms with E-state index >= 15 is 0 Å². The first-order valence-electron chi connectivity index (χ1n) is 35.4. The predicted molar refractivity (Wildman–Crippen MR) is 365 cm³/mol. The monoisotopic (exact) mass is 1170 g/mol. The third-order valence-electron chi connectivity index (χ3n) is 27.7. The number of benzene rings is 8. The first kappa shape index (κ1) is 50.4. The van der Waals surface area contributed by atoms with Crippen LogP contribution in [-0.2, 0) is 16.2 Å². The van der Waals surface area contributed by atoms with Crippen molar-refractivity contribution >= 4 is 97.7 Å². The summed E-state index contributed by atoms with van der Waals surface area (Å²) in [6.45, 7) is 6.72. The maximum atomic E-state index is 7.84. The topological polar surface area (TPSA) is 52.2 Å². The molecule has 1 N–H and O–H groups in total. The number of nitrogens with zero attached hydrogens (tertiary/aromatic N) is 1. The van der Waals surface area contributed by atoms with E-state index in [1.54, 1.807) is 0 Å². The highest BCUT2D eigenvalue weighted by atomic mass is 16.5. The van der Waals surface area contributed by atoms with Crippen LogP contribution >= 0.6 is 0 Å². The average Bonchev–Trinajstić information content (AvgIpc) is 0.703. The van der Waals surface area contributed by atoms with E-state index < -0.39 is 0 Å². The van der Waals surface area contributed by atoms with Crippen LogP contribution in [-0.4, -0.2) is 20.1 Å². The van der Waals surface area contributed by atoms with Crippen LogP contribution in [0.3, 0.4) is 0 Å². The van der Waals surface area contributed by atoms with E-state index in [9.17, 15) is 0 Å². The molecule has 26 rings (SSSR count). The lowest BCUT2D eigenvalue weighted by atomic mass is 9.30. The summed E-state index contributed by atoms with van der Waals surface area (Å²) < 4.78 is 30.1. The number of para-hydroxylation sites is 2. The van der Waals surface area contributed by atoms with Gasteiger partial charge in [-0.1, -0.05) is 66.2 Å². The zero-order valence-electron chi connectivity index (χ0n) is 52.3. The molecular weight excluding hydrogens is 1100 g/mol. The molecule has 12 fully saturated rings. The molecule has 6 nitrogen and oxygen atoms in total. The van der Waals surface area contributed by atoms with Crippen LogP contribution in [0.15, 0.2) is 121 Å². The number of hydrogen-bond donors (Lipinski definition) is 1. The molecule has 18 aliphatic rings. The third-order valence-corrected chi connectivity index (χ3v) is 27.7. The number of aryl methyl sites for hydroxylation is 3. The van der Waals surface area contributed by atoms with E-state index in [4.69, 9.17) is 18.9 Å². The molecule has 90 heavy (non-hydrogen) atoms. The molecule has 12 saturated carbocycles. The quantitative estimate of drug-likeness (QED) is 0.177. The molecule has 6 heterocycles. The van der Waals surface area contributed by atoms with Crippen molar-refractivity contribution in [2.75, 3.05) is 10.2 Å². The fraction of sp³-hybridized carbons (Fsp3) is 0.407. The minimum absolute atomic E-state index is 0.0133. The minimum atomic E-state index is -0.149. The van der Waals surface area contributed by atoms with Crippen LogP contribution in [0.4, 0.5) is 28.4 Å². The Kier molecular flexibility index (Phi) is 9.56. The van der Waals surface area contributed by atoms with Crippen molar-refractivity contribution in [2.24, 2.45) is 53.3 Å². The summed E-state index contributed by atoms with van der Waals surface area (Å²) in [5.41, 5.74) is 26.2. The SMILES string of the molecule is Cc1cc(C)c(N2c3cc4c(cc3B3c5ccccc5Oc5cc(C67CC8CC(CC(C8)C6)C7)cc2c53)B2c3cc5c(cc3Oc3cc(C67CC8CC(CC(C8)C6)C7)cc(c32)O4)Nc2cc(C34CC6CC(CC(C6)C3)C4)cc3c2B5c2ccccc2O3)c(C)c1. The van der Waals surface area contributed by atoms with Gasteiger partial charge in [0.25, 0.3) is 20.1 Å². The Morgan fingerprint density at radius 3 is 1.26 bits per heavy atom. The van der Waals surface area contributed by atoms with Crippen LogP contribution in [0.2, 0.25) is 0 Å². The van der Waals surface area contributed by atoms with Crippen LogP contribution in [0.25, 0.3) is 0 Å². The highest BCUT2D eigenvalue weighted by Gasteiger charge is 2.57. The number of nitrogens with one attached hydrogen (secondary N) is 1. The van der Waals surface area contributed by atoms with Gasteiger partial charge in [-0.05, 0) is 326 Å². The fourth-order valence-corrected chi connectivity index (χ4v) is 25.8. The van der Waals surface area contributed by atoms with Crippen molar-refractivity contribution in [2.45, 2.75) is 153 Å². The van der Waals surface area contributed by atoms with Gasteiger partial charge >= 0.3 is 0 Å². The molecule has 0 amide bonds. The van der Waals surface area contributed by atoms with E-state index in [1.165, 1.54) is 221 Å². The Hall–Kier alpha value is -7.25. The smallest absolute Gasteiger partial charge is 0.260 e. The van der Waals surface area contributed by atoms with E-state index in [2.05, 4.69) is 152 Å². The average molecular weight is 1170 g/mol. The summed E-state index contributed by atoms with van der Waals surface area (Å²) in [6, 6.07) is 48.2. The normalized spacial score (nSPS) is 32.0. The standard InChI is InChI=1S/C81H75B3N2O4/c1-42-12-43(2)78(44(3)13-42)86-65-32-70-62(30-60(65)83-58-9-5-7-11-68(58)88-72-26-55(24-66(86)76(72)83)80-36-48-17-49(37-80)19-50(18-48)38-80)84-61-29-59-63(31-69(61)89-73-27-56(28-74(90-70)77(73)84)81-39-51-20-52(40-81)22-53(21-51)41-81)85-64-23-54(79-33-45-14-46(34-79)16-47(15-45)35-79)25-71-75(64)82(59)57-8-4-6-10-67(57)87-71/h4-13,23-32,45-53,85H,14-22,33-41H2,1-3H3. The van der Waals surface area contributed by atoms with Gasteiger partial charge in [-0.15, -0.1) is 0 Å². The van der Waals surface area contributed by atoms with Gasteiger partial charge in [0.15, 0.2) is 0 Å². The number of anilines is 5. The molecule has 12 bridgehead atoms. The predicted octanol–water partition coefficient (Wildman–Crippen LogP) is 13.8. The van der Waals surface area contributed by atoms with E-state index in [1.807, 2.05) is 0 Å². The van der Waals surface area contributed by atoms with Crippen LogP contribution in [0.5, 0.6) is 46.0 Å². The van der Waals surface area contributed by atoms with Gasteiger partial charge in [-0.25, -0.2) is 0 Å². The van der Waals surface area contributed by atoms with Gasteiger partial charge < -0.3 is 29.2 Å². The summed E-state index contributed by atoms with van der Waals surface area (Å²) in [4.78, 5) is 2.69. The third kappa shape index (κ3) is 6.66.